The van der Waals surface area contributed by atoms with Gasteiger partial charge in [0.15, 0.2) is 0 Å². The Morgan fingerprint density at radius 3 is 2.83 bits per heavy atom. The third kappa shape index (κ3) is 3.41. The van der Waals surface area contributed by atoms with E-state index < -0.39 is 0 Å². The highest BCUT2D eigenvalue weighted by atomic mass is 35.5. The second-order valence-corrected chi connectivity index (χ2v) is 6.33. The summed E-state index contributed by atoms with van der Waals surface area (Å²) in [6, 6.07) is 5.87. The summed E-state index contributed by atoms with van der Waals surface area (Å²) in [5.74, 6) is 0.342. The molecule has 3 rings (SSSR count). The van der Waals surface area contributed by atoms with Crippen LogP contribution in [0.15, 0.2) is 24.4 Å². The van der Waals surface area contributed by atoms with Crippen LogP contribution in [0.3, 0.4) is 0 Å². The molecular weight excluding hydrogens is 312 g/mol. The Bertz CT molecular complexity index is 721. The predicted octanol–water partition coefficient (Wildman–Crippen LogP) is 2.66. The molecule has 1 aromatic heterocycles. The van der Waals surface area contributed by atoms with Crippen molar-refractivity contribution in [3.63, 3.8) is 0 Å². The first-order chi connectivity index (χ1) is 11.1. The van der Waals surface area contributed by atoms with Gasteiger partial charge in [0.2, 0.25) is 0 Å². The van der Waals surface area contributed by atoms with Crippen molar-refractivity contribution in [2.24, 2.45) is 0 Å². The summed E-state index contributed by atoms with van der Waals surface area (Å²) < 4.78 is 1.86. The Labute approximate surface area is 141 Å². The molecule has 2 N–H and O–H groups in total. The van der Waals surface area contributed by atoms with Gasteiger partial charge in [-0.15, -0.1) is 0 Å². The number of aryl methyl sites for hydroxylation is 1. The first-order valence-electron chi connectivity index (χ1n) is 7.89. The summed E-state index contributed by atoms with van der Waals surface area (Å²) >= 11 is 6.24. The Morgan fingerprint density at radius 2 is 2.17 bits per heavy atom. The van der Waals surface area contributed by atoms with Crippen LogP contribution in [0.25, 0.3) is 5.69 Å². The standard InChI is InChI=1S/C17H21ClN4O/c1-11-3-6-13(9-15(11)18)22-16(12-4-5-12)14(10-21-22)17(23)20-8-7-19-2/h3,6,9-10,12,19H,4-5,7-8H2,1-2H3,(H,20,23). The summed E-state index contributed by atoms with van der Waals surface area (Å²) in [5.41, 5.74) is 3.59. The minimum Gasteiger partial charge on any atom is -0.351 e. The average molecular weight is 333 g/mol. The highest BCUT2D eigenvalue weighted by molar-refractivity contribution is 6.31. The molecule has 1 saturated carbocycles. The lowest BCUT2D eigenvalue weighted by Gasteiger charge is -2.10. The number of carbonyl (C=O) groups excluding carboxylic acids is 1. The van der Waals surface area contributed by atoms with Crippen LogP contribution in [0.1, 0.15) is 40.4 Å². The lowest BCUT2D eigenvalue weighted by Crippen LogP contribution is -2.30. The lowest BCUT2D eigenvalue weighted by atomic mass is 10.1. The number of carbonyl (C=O) groups is 1. The fourth-order valence-corrected chi connectivity index (χ4v) is 2.77. The molecule has 0 unspecified atom stereocenters. The zero-order valence-electron chi connectivity index (χ0n) is 13.4. The van der Waals surface area contributed by atoms with Gasteiger partial charge >= 0.3 is 0 Å². The minimum atomic E-state index is -0.0633. The van der Waals surface area contributed by atoms with Crippen molar-refractivity contribution < 1.29 is 4.79 Å². The highest BCUT2D eigenvalue weighted by Gasteiger charge is 2.32. The number of benzene rings is 1. The normalized spacial score (nSPS) is 14.0. The van der Waals surface area contributed by atoms with Crippen molar-refractivity contribution in [1.29, 1.82) is 0 Å². The molecule has 6 heteroatoms. The molecule has 2 aromatic rings. The van der Waals surface area contributed by atoms with Crippen molar-refractivity contribution in [2.45, 2.75) is 25.7 Å². The summed E-state index contributed by atoms with van der Waals surface area (Å²) in [6.45, 7) is 3.31. The minimum absolute atomic E-state index is 0.0633. The third-order valence-corrected chi connectivity index (χ3v) is 4.48. The largest absolute Gasteiger partial charge is 0.351 e. The summed E-state index contributed by atoms with van der Waals surface area (Å²) in [6.07, 6.45) is 3.86. The topological polar surface area (TPSA) is 58.9 Å². The number of halogens is 1. The molecule has 0 atom stereocenters. The first kappa shape index (κ1) is 16.0. The van der Waals surface area contributed by atoms with E-state index in [0.717, 1.165) is 36.3 Å². The van der Waals surface area contributed by atoms with E-state index in [2.05, 4.69) is 15.7 Å². The van der Waals surface area contributed by atoms with E-state index >= 15 is 0 Å². The molecule has 1 heterocycles. The highest BCUT2D eigenvalue weighted by Crippen LogP contribution is 2.42. The van der Waals surface area contributed by atoms with Gasteiger partial charge in [-0.2, -0.15) is 5.10 Å². The summed E-state index contributed by atoms with van der Waals surface area (Å²) in [5, 5.41) is 11.1. The van der Waals surface area contributed by atoms with E-state index in [1.807, 2.05) is 36.9 Å². The van der Waals surface area contributed by atoms with Gasteiger partial charge in [0.1, 0.15) is 0 Å². The summed E-state index contributed by atoms with van der Waals surface area (Å²) in [7, 11) is 1.86. The third-order valence-electron chi connectivity index (χ3n) is 4.08. The van der Waals surface area contributed by atoms with Crippen LogP contribution in [0, 0.1) is 6.92 Å². The first-order valence-corrected chi connectivity index (χ1v) is 8.27. The SMILES string of the molecule is CNCCNC(=O)c1cnn(-c2ccc(C)c(Cl)c2)c1C1CC1. The maximum Gasteiger partial charge on any atom is 0.254 e. The molecule has 0 bridgehead atoms. The Morgan fingerprint density at radius 1 is 1.39 bits per heavy atom. The van der Waals surface area contributed by atoms with Crippen LogP contribution in [0.2, 0.25) is 5.02 Å². The van der Waals surface area contributed by atoms with Gasteiger partial charge in [0, 0.05) is 24.0 Å². The maximum absolute atomic E-state index is 12.4. The van der Waals surface area contributed by atoms with Crippen molar-refractivity contribution in [3.8, 4) is 5.69 Å². The molecule has 23 heavy (non-hydrogen) atoms. The Hall–Kier alpha value is -1.85. The monoisotopic (exact) mass is 332 g/mol. The zero-order chi connectivity index (χ0) is 16.4. The molecule has 1 aliphatic rings. The number of aromatic nitrogens is 2. The molecule has 0 radical (unpaired) electrons. The Balaban J connectivity index is 1.92. The van der Waals surface area contributed by atoms with Crippen molar-refractivity contribution in [1.82, 2.24) is 20.4 Å². The van der Waals surface area contributed by atoms with Crippen LogP contribution in [-0.2, 0) is 0 Å². The number of amides is 1. The van der Waals surface area contributed by atoms with Gasteiger partial charge in [0.25, 0.3) is 5.91 Å². The molecule has 5 nitrogen and oxygen atoms in total. The van der Waals surface area contributed by atoms with E-state index in [0.29, 0.717) is 23.0 Å². The van der Waals surface area contributed by atoms with Crippen molar-refractivity contribution in [3.05, 3.63) is 46.2 Å². The number of rotatable bonds is 6. The van der Waals surface area contributed by atoms with Crippen molar-refractivity contribution >= 4 is 17.5 Å². The van der Waals surface area contributed by atoms with Crippen LogP contribution < -0.4 is 10.6 Å². The number of hydrogen-bond acceptors (Lipinski definition) is 3. The molecular formula is C17H21ClN4O. The molecule has 1 amide bonds. The number of likely N-dealkylation sites (N-methyl/N-ethyl adjacent to an activating group) is 1. The van der Waals surface area contributed by atoms with Gasteiger partial charge in [-0.25, -0.2) is 4.68 Å². The van der Waals surface area contributed by atoms with E-state index in [1.54, 1.807) is 6.20 Å². The van der Waals surface area contributed by atoms with Gasteiger partial charge in [0.05, 0.1) is 23.1 Å². The zero-order valence-corrected chi connectivity index (χ0v) is 14.2. The van der Waals surface area contributed by atoms with E-state index in [1.165, 1.54) is 0 Å². The van der Waals surface area contributed by atoms with Crippen molar-refractivity contribution in [2.75, 3.05) is 20.1 Å². The van der Waals surface area contributed by atoms with Gasteiger partial charge in [-0.3, -0.25) is 4.79 Å². The Kier molecular flexibility index (Phi) is 4.68. The molecule has 0 spiro atoms. The molecule has 1 aliphatic carbocycles. The van der Waals surface area contributed by atoms with Crippen LogP contribution in [0.5, 0.6) is 0 Å². The molecule has 0 aliphatic heterocycles. The lowest BCUT2D eigenvalue weighted by molar-refractivity contribution is 0.0953. The number of nitrogens with one attached hydrogen (secondary N) is 2. The maximum atomic E-state index is 12.4. The molecule has 1 fully saturated rings. The smallest absolute Gasteiger partial charge is 0.254 e. The predicted molar refractivity (Wildman–Crippen MR) is 91.5 cm³/mol. The van der Waals surface area contributed by atoms with Crippen LogP contribution >= 0.6 is 11.6 Å². The second kappa shape index (κ2) is 6.72. The molecule has 0 saturated heterocycles. The van der Waals surface area contributed by atoms with Gasteiger partial charge in [-0.05, 0) is 44.5 Å². The number of hydrogen-bond donors (Lipinski definition) is 2. The average Bonchev–Trinajstić information content (AvgIpc) is 3.28. The van der Waals surface area contributed by atoms with Crippen LogP contribution in [0.4, 0.5) is 0 Å². The van der Waals surface area contributed by atoms with E-state index in [-0.39, 0.29) is 5.91 Å². The van der Waals surface area contributed by atoms with E-state index in [4.69, 9.17) is 11.6 Å². The van der Waals surface area contributed by atoms with E-state index in [9.17, 15) is 4.79 Å². The van der Waals surface area contributed by atoms with Crippen LogP contribution in [-0.4, -0.2) is 35.8 Å². The quantitative estimate of drug-likeness (QED) is 0.800. The van der Waals surface area contributed by atoms with Gasteiger partial charge < -0.3 is 10.6 Å². The molecule has 122 valence electrons. The molecule has 1 aromatic carbocycles. The fourth-order valence-electron chi connectivity index (χ4n) is 2.60. The summed E-state index contributed by atoms with van der Waals surface area (Å²) in [4.78, 5) is 12.4. The number of nitrogens with zero attached hydrogens (tertiary/aromatic N) is 2. The fraction of sp³-hybridized carbons (Fsp3) is 0.412. The van der Waals surface area contributed by atoms with Gasteiger partial charge in [-0.1, -0.05) is 17.7 Å². The second-order valence-electron chi connectivity index (χ2n) is 5.92.